The molecule has 0 saturated carbocycles. The van der Waals surface area contributed by atoms with E-state index < -0.39 is 0 Å². The van der Waals surface area contributed by atoms with E-state index in [-0.39, 0.29) is 0 Å². The lowest BCUT2D eigenvalue weighted by molar-refractivity contribution is 0.147. The summed E-state index contributed by atoms with van der Waals surface area (Å²) >= 11 is 0. The summed E-state index contributed by atoms with van der Waals surface area (Å²) in [5, 5.41) is 4.67. The third-order valence-corrected chi connectivity index (χ3v) is 2.17. The molecule has 1 fully saturated rings. The largest absolute Gasteiger partial charge is 0.258 e. The second-order valence-electron chi connectivity index (χ2n) is 2.80. The summed E-state index contributed by atoms with van der Waals surface area (Å²) in [6.07, 6.45) is 4.57. The van der Waals surface area contributed by atoms with Crippen LogP contribution in [-0.2, 0) is 0 Å². The van der Waals surface area contributed by atoms with Crippen LogP contribution in [0.1, 0.15) is 32.6 Å². The molecule has 0 N–H and O–H groups in total. The van der Waals surface area contributed by atoms with Crippen molar-refractivity contribution in [1.82, 2.24) is 5.01 Å². The average molecular weight is 142 g/mol. The van der Waals surface area contributed by atoms with Crippen molar-refractivity contribution in [2.75, 3.05) is 6.54 Å². The zero-order chi connectivity index (χ0) is 7.40. The Morgan fingerprint density at radius 2 is 2.40 bits per heavy atom. The molecular weight excluding hydrogens is 128 g/mol. The highest BCUT2D eigenvalue weighted by Crippen LogP contribution is 2.18. The van der Waals surface area contributed by atoms with Crippen LogP contribution >= 0.6 is 0 Å². The number of hydrogen-bond acceptors (Lipinski definition) is 2. The van der Waals surface area contributed by atoms with Crippen molar-refractivity contribution < 1.29 is 0 Å². The standard InChI is InChI=1S/C7H14N2O/c1-2-7-5-3-4-6-9(7)8-10/h7H,2-6H2,1H3/t7-/m1/s1. The maximum atomic E-state index is 10.2. The fourth-order valence-corrected chi connectivity index (χ4v) is 1.51. The van der Waals surface area contributed by atoms with Crippen LogP contribution in [0.3, 0.4) is 0 Å². The Balaban J connectivity index is 2.41. The second kappa shape index (κ2) is 3.54. The van der Waals surface area contributed by atoms with Crippen LogP contribution in [-0.4, -0.2) is 17.6 Å². The van der Waals surface area contributed by atoms with E-state index in [0.717, 1.165) is 25.8 Å². The molecule has 1 aliphatic rings. The highest BCUT2D eigenvalue weighted by Gasteiger charge is 2.19. The Bertz CT molecular complexity index is 116. The Hall–Kier alpha value is -0.600. The molecule has 1 atom stereocenters. The molecule has 0 aromatic heterocycles. The van der Waals surface area contributed by atoms with E-state index in [1.54, 1.807) is 5.01 Å². The summed E-state index contributed by atoms with van der Waals surface area (Å²) < 4.78 is 0. The van der Waals surface area contributed by atoms with Gasteiger partial charge in [0.1, 0.15) is 0 Å². The van der Waals surface area contributed by atoms with Crippen molar-refractivity contribution in [3.05, 3.63) is 4.91 Å². The lowest BCUT2D eigenvalue weighted by Gasteiger charge is -2.29. The van der Waals surface area contributed by atoms with E-state index in [4.69, 9.17) is 0 Å². The topological polar surface area (TPSA) is 32.7 Å². The maximum Gasteiger partial charge on any atom is 0.0526 e. The summed E-state index contributed by atoms with van der Waals surface area (Å²) in [6.45, 7) is 2.97. The van der Waals surface area contributed by atoms with Crippen LogP contribution < -0.4 is 0 Å². The van der Waals surface area contributed by atoms with E-state index >= 15 is 0 Å². The molecule has 0 aromatic rings. The van der Waals surface area contributed by atoms with Crippen molar-refractivity contribution in [2.24, 2.45) is 5.29 Å². The third-order valence-electron chi connectivity index (χ3n) is 2.17. The SMILES string of the molecule is CC[C@@H]1CCCCN1N=O. The van der Waals surface area contributed by atoms with Gasteiger partial charge < -0.3 is 0 Å². The lowest BCUT2D eigenvalue weighted by atomic mass is 10.0. The van der Waals surface area contributed by atoms with Crippen LogP contribution in [0.2, 0.25) is 0 Å². The minimum Gasteiger partial charge on any atom is -0.258 e. The molecule has 0 aromatic carbocycles. The summed E-state index contributed by atoms with van der Waals surface area (Å²) in [7, 11) is 0. The number of piperidine rings is 1. The van der Waals surface area contributed by atoms with Gasteiger partial charge in [-0.25, -0.2) is 0 Å². The molecule has 0 bridgehead atoms. The van der Waals surface area contributed by atoms with Crippen LogP contribution in [0, 0.1) is 4.91 Å². The Morgan fingerprint density at radius 3 is 2.90 bits per heavy atom. The van der Waals surface area contributed by atoms with Gasteiger partial charge in [-0.05, 0) is 25.7 Å². The molecule has 0 radical (unpaired) electrons. The van der Waals surface area contributed by atoms with Gasteiger partial charge in [0, 0.05) is 12.6 Å². The monoisotopic (exact) mass is 142 g/mol. The van der Waals surface area contributed by atoms with Crippen molar-refractivity contribution >= 4 is 0 Å². The first-order chi connectivity index (χ1) is 4.88. The van der Waals surface area contributed by atoms with Crippen LogP contribution in [0.25, 0.3) is 0 Å². The predicted octanol–water partition coefficient (Wildman–Crippen LogP) is 1.93. The zero-order valence-electron chi connectivity index (χ0n) is 6.42. The second-order valence-corrected chi connectivity index (χ2v) is 2.80. The van der Waals surface area contributed by atoms with E-state index in [0.29, 0.717) is 6.04 Å². The molecule has 1 saturated heterocycles. The molecule has 3 heteroatoms. The van der Waals surface area contributed by atoms with Crippen molar-refractivity contribution in [3.8, 4) is 0 Å². The smallest absolute Gasteiger partial charge is 0.0526 e. The van der Waals surface area contributed by atoms with Gasteiger partial charge in [-0.1, -0.05) is 6.92 Å². The molecule has 58 valence electrons. The zero-order valence-corrected chi connectivity index (χ0v) is 6.42. The molecule has 1 aliphatic heterocycles. The highest BCUT2D eigenvalue weighted by atomic mass is 16.3. The van der Waals surface area contributed by atoms with Gasteiger partial charge in [-0.2, -0.15) is 0 Å². The summed E-state index contributed by atoms with van der Waals surface area (Å²) in [6, 6.07) is 0.422. The van der Waals surface area contributed by atoms with E-state index in [9.17, 15) is 4.91 Å². The fraction of sp³-hybridized carbons (Fsp3) is 1.00. The number of hydrogen-bond donors (Lipinski definition) is 0. The molecule has 1 heterocycles. The first kappa shape index (κ1) is 7.51. The summed E-state index contributed by atoms with van der Waals surface area (Å²) in [5.74, 6) is 0. The normalized spacial score (nSPS) is 26.5. The van der Waals surface area contributed by atoms with Crippen molar-refractivity contribution in [3.63, 3.8) is 0 Å². The van der Waals surface area contributed by atoms with Crippen LogP contribution in [0.15, 0.2) is 5.29 Å². The van der Waals surface area contributed by atoms with Crippen LogP contribution in [0.5, 0.6) is 0 Å². The van der Waals surface area contributed by atoms with Gasteiger partial charge in [0.2, 0.25) is 0 Å². The minimum absolute atomic E-state index is 0.422. The molecule has 0 spiro atoms. The Morgan fingerprint density at radius 1 is 1.60 bits per heavy atom. The highest BCUT2D eigenvalue weighted by molar-refractivity contribution is 4.71. The molecule has 3 nitrogen and oxygen atoms in total. The Kier molecular flexibility index (Phi) is 2.66. The minimum atomic E-state index is 0.422. The van der Waals surface area contributed by atoms with Crippen LogP contribution in [0.4, 0.5) is 0 Å². The number of nitroso groups, excluding NO2 is 1. The molecule has 0 unspecified atom stereocenters. The first-order valence-electron chi connectivity index (χ1n) is 3.98. The summed E-state index contributed by atoms with van der Waals surface area (Å²) in [4.78, 5) is 10.2. The van der Waals surface area contributed by atoms with Gasteiger partial charge in [-0.15, -0.1) is 4.91 Å². The van der Waals surface area contributed by atoms with Crippen molar-refractivity contribution in [1.29, 1.82) is 0 Å². The number of nitrogens with zero attached hydrogens (tertiary/aromatic N) is 2. The summed E-state index contributed by atoms with van der Waals surface area (Å²) in [5.41, 5.74) is 0. The average Bonchev–Trinajstić information content (AvgIpc) is 2.04. The van der Waals surface area contributed by atoms with E-state index in [1.165, 1.54) is 6.42 Å². The van der Waals surface area contributed by atoms with E-state index in [1.807, 2.05) is 0 Å². The third kappa shape index (κ3) is 1.46. The molecule has 10 heavy (non-hydrogen) atoms. The quantitative estimate of drug-likeness (QED) is 0.552. The molecular formula is C7H14N2O. The van der Waals surface area contributed by atoms with Gasteiger partial charge >= 0.3 is 0 Å². The lowest BCUT2D eigenvalue weighted by Crippen LogP contribution is -2.34. The first-order valence-corrected chi connectivity index (χ1v) is 3.98. The molecule has 0 aliphatic carbocycles. The Labute approximate surface area is 61.3 Å². The van der Waals surface area contributed by atoms with Gasteiger partial charge in [0.25, 0.3) is 0 Å². The fourth-order valence-electron chi connectivity index (χ4n) is 1.51. The van der Waals surface area contributed by atoms with Gasteiger partial charge in [-0.3, -0.25) is 5.01 Å². The predicted molar refractivity (Wildman–Crippen MR) is 40.4 cm³/mol. The van der Waals surface area contributed by atoms with E-state index in [2.05, 4.69) is 12.2 Å². The van der Waals surface area contributed by atoms with Gasteiger partial charge in [0.05, 0.1) is 5.29 Å². The molecule has 0 amide bonds. The maximum absolute atomic E-state index is 10.2. The van der Waals surface area contributed by atoms with Crippen molar-refractivity contribution in [2.45, 2.75) is 38.6 Å². The molecule has 1 rings (SSSR count). The number of rotatable bonds is 2. The van der Waals surface area contributed by atoms with Gasteiger partial charge in [0.15, 0.2) is 0 Å².